The van der Waals surface area contributed by atoms with Crippen LogP contribution in [0.4, 0.5) is 17.6 Å². The normalized spacial score (nSPS) is 11.7. The number of nitrogens with zero attached hydrogens (tertiary/aromatic N) is 1. The van der Waals surface area contributed by atoms with E-state index in [9.17, 15) is 17.6 Å². The van der Waals surface area contributed by atoms with Crippen LogP contribution in [0, 0.1) is 5.82 Å². The highest BCUT2D eigenvalue weighted by Gasteiger charge is 2.36. The van der Waals surface area contributed by atoms with Crippen LogP contribution < -0.4 is 4.74 Å². The second-order valence-corrected chi connectivity index (χ2v) is 3.95. The summed E-state index contributed by atoms with van der Waals surface area (Å²) in [6.07, 6.45) is -4.68. The van der Waals surface area contributed by atoms with Crippen molar-refractivity contribution in [3.8, 4) is 17.0 Å². The molecule has 0 atom stereocenters. The number of benzene rings is 1. The molecule has 0 fully saturated rings. The molecule has 0 amide bonds. The maximum absolute atomic E-state index is 13.7. The molecule has 0 aliphatic heterocycles. The predicted octanol–water partition coefficient (Wildman–Crippen LogP) is 4.16. The molecule has 2 aromatic rings. The lowest BCUT2D eigenvalue weighted by Gasteiger charge is -2.05. The van der Waals surface area contributed by atoms with Gasteiger partial charge in [0, 0.05) is 11.6 Å². The molecule has 0 unspecified atom stereocenters. The standard InChI is InChI=1S/C11H6ClF4NO2/c1-18-9-2-5(7(13)3-6(9)12)8-4-10(19-17-8)11(14,15)16/h2-4H,1H3. The van der Waals surface area contributed by atoms with Crippen molar-refractivity contribution in [1.29, 1.82) is 0 Å². The van der Waals surface area contributed by atoms with Gasteiger partial charge in [-0.15, -0.1) is 0 Å². The zero-order chi connectivity index (χ0) is 14.2. The minimum absolute atomic E-state index is 0.00305. The number of halogens is 5. The lowest BCUT2D eigenvalue weighted by Crippen LogP contribution is -2.02. The molecular weight excluding hydrogens is 290 g/mol. The Bertz CT molecular complexity index is 609. The molecule has 102 valence electrons. The van der Waals surface area contributed by atoms with Gasteiger partial charge in [-0.3, -0.25) is 0 Å². The molecule has 1 aromatic heterocycles. The SMILES string of the molecule is COc1cc(-c2cc(C(F)(F)F)on2)c(F)cc1Cl. The summed E-state index contributed by atoms with van der Waals surface area (Å²) in [6.45, 7) is 0. The Hall–Kier alpha value is -1.76. The van der Waals surface area contributed by atoms with Crippen LogP contribution in [0.1, 0.15) is 5.76 Å². The number of alkyl halides is 3. The van der Waals surface area contributed by atoms with E-state index in [4.69, 9.17) is 16.3 Å². The molecule has 0 N–H and O–H groups in total. The van der Waals surface area contributed by atoms with Crippen molar-refractivity contribution in [2.75, 3.05) is 7.11 Å². The number of hydrogen-bond acceptors (Lipinski definition) is 3. The van der Waals surface area contributed by atoms with E-state index in [2.05, 4.69) is 9.68 Å². The van der Waals surface area contributed by atoms with Gasteiger partial charge in [-0.2, -0.15) is 13.2 Å². The van der Waals surface area contributed by atoms with Gasteiger partial charge in [0.05, 0.1) is 12.1 Å². The molecule has 0 saturated heterocycles. The molecule has 0 bridgehead atoms. The van der Waals surface area contributed by atoms with Crippen molar-refractivity contribution in [3.63, 3.8) is 0 Å². The Balaban J connectivity index is 2.50. The highest BCUT2D eigenvalue weighted by Crippen LogP contribution is 2.36. The third-order valence-electron chi connectivity index (χ3n) is 2.31. The molecule has 19 heavy (non-hydrogen) atoms. The van der Waals surface area contributed by atoms with E-state index in [-0.39, 0.29) is 22.0 Å². The molecule has 0 aliphatic carbocycles. The van der Waals surface area contributed by atoms with Crippen LogP contribution >= 0.6 is 11.6 Å². The van der Waals surface area contributed by atoms with Crippen LogP contribution in [0.5, 0.6) is 5.75 Å². The molecule has 0 spiro atoms. The summed E-state index contributed by atoms with van der Waals surface area (Å²) >= 11 is 5.68. The third kappa shape index (κ3) is 2.65. The summed E-state index contributed by atoms with van der Waals surface area (Å²) in [5, 5.41) is 3.19. The molecule has 1 aromatic carbocycles. The van der Waals surface area contributed by atoms with Crippen molar-refractivity contribution < 1.29 is 26.8 Å². The fourth-order valence-electron chi connectivity index (χ4n) is 1.42. The van der Waals surface area contributed by atoms with E-state index in [1.54, 1.807) is 0 Å². The van der Waals surface area contributed by atoms with Gasteiger partial charge >= 0.3 is 6.18 Å². The van der Waals surface area contributed by atoms with Crippen LogP contribution in [-0.4, -0.2) is 12.3 Å². The molecule has 1 heterocycles. The van der Waals surface area contributed by atoms with Gasteiger partial charge in [-0.05, 0) is 12.1 Å². The van der Waals surface area contributed by atoms with Gasteiger partial charge in [-0.1, -0.05) is 16.8 Å². The molecule has 8 heteroatoms. The van der Waals surface area contributed by atoms with E-state index in [0.717, 1.165) is 12.1 Å². The average Bonchev–Trinajstić information content (AvgIpc) is 2.78. The average molecular weight is 296 g/mol. The molecule has 0 aliphatic rings. The first kappa shape index (κ1) is 13.7. The second-order valence-electron chi connectivity index (χ2n) is 3.54. The zero-order valence-corrected chi connectivity index (χ0v) is 10.1. The molecule has 2 rings (SSSR count). The Kier molecular flexibility index (Phi) is 3.40. The minimum Gasteiger partial charge on any atom is -0.495 e. The number of aromatic nitrogens is 1. The summed E-state index contributed by atoms with van der Waals surface area (Å²) in [5.41, 5.74) is -0.486. The van der Waals surface area contributed by atoms with Crippen molar-refractivity contribution in [3.05, 3.63) is 34.8 Å². The van der Waals surface area contributed by atoms with E-state index in [1.807, 2.05) is 0 Å². The maximum atomic E-state index is 13.7. The van der Waals surface area contributed by atoms with E-state index in [1.165, 1.54) is 7.11 Å². The summed E-state index contributed by atoms with van der Waals surface area (Å²) in [7, 11) is 1.30. The van der Waals surface area contributed by atoms with Crippen molar-refractivity contribution >= 4 is 11.6 Å². The first-order chi connectivity index (χ1) is 8.82. The van der Waals surface area contributed by atoms with Gasteiger partial charge in [0.1, 0.15) is 17.3 Å². The Morgan fingerprint density at radius 2 is 1.95 bits per heavy atom. The van der Waals surface area contributed by atoms with Gasteiger partial charge in [0.2, 0.25) is 5.76 Å². The molecule has 3 nitrogen and oxygen atoms in total. The van der Waals surface area contributed by atoms with Crippen LogP contribution in [0.15, 0.2) is 22.7 Å². The van der Waals surface area contributed by atoms with Crippen LogP contribution in [0.25, 0.3) is 11.3 Å². The largest absolute Gasteiger partial charge is 0.495 e. The van der Waals surface area contributed by atoms with Crippen LogP contribution in [0.3, 0.4) is 0 Å². The van der Waals surface area contributed by atoms with Crippen molar-refractivity contribution in [2.45, 2.75) is 6.18 Å². The maximum Gasteiger partial charge on any atom is 0.452 e. The summed E-state index contributed by atoms with van der Waals surface area (Å²) in [4.78, 5) is 0. The lowest BCUT2D eigenvalue weighted by molar-refractivity contribution is -0.155. The van der Waals surface area contributed by atoms with Crippen LogP contribution in [-0.2, 0) is 6.18 Å². The Morgan fingerprint density at radius 1 is 1.26 bits per heavy atom. The lowest BCUT2D eigenvalue weighted by atomic mass is 10.1. The Labute approximate surface area is 109 Å². The first-order valence-electron chi connectivity index (χ1n) is 4.90. The minimum atomic E-state index is -4.68. The topological polar surface area (TPSA) is 35.3 Å². The van der Waals surface area contributed by atoms with E-state index >= 15 is 0 Å². The Morgan fingerprint density at radius 3 is 2.47 bits per heavy atom. The quantitative estimate of drug-likeness (QED) is 0.780. The van der Waals surface area contributed by atoms with Crippen molar-refractivity contribution in [1.82, 2.24) is 5.16 Å². The van der Waals surface area contributed by atoms with Gasteiger partial charge in [-0.25, -0.2) is 4.39 Å². The smallest absolute Gasteiger partial charge is 0.452 e. The predicted molar refractivity (Wildman–Crippen MR) is 58.5 cm³/mol. The highest BCUT2D eigenvalue weighted by molar-refractivity contribution is 6.32. The molecular formula is C11H6ClF4NO2. The van der Waals surface area contributed by atoms with E-state index < -0.39 is 17.8 Å². The van der Waals surface area contributed by atoms with Crippen molar-refractivity contribution in [2.24, 2.45) is 0 Å². The fraction of sp³-hybridized carbons (Fsp3) is 0.182. The van der Waals surface area contributed by atoms with Gasteiger partial charge in [0.25, 0.3) is 0 Å². The van der Waals surface area contributed by atoms with E-state index in [0.29, 0.717) is 6.07 Å². The second kappa shape index (κ2) is 4.73. The number of methoxy groups -OCH3 is 1. The summed E-state index contributed by atoms with van der Waals surface area (Å²) < 4.78 is 59.7. The number of rotatable bonds is 2. The first-order valence-corrected chi connectivity index (χ1v) is 5.28. The highest BCUT2D eigenvalue weighted by atomic mass is 35.5. The summed E-state index contributed by atoms with van der Waals surface area (Å²) in [5.74, 6) is -2.02. The summed E-state index contributed by atoms with van der Waals surface area (Å²) in [6, 6.07) is 2.68. The van der Waals surface area contributed by atoms with Crippen LogP contribution in [0.2, 0.25) is 5.02 Å². The number of hydrogen-bond donors (Lipinski definition) is 0. The fourth-order valence-corrected chi connectivity index (χ4v) is 1.65. The monoisotopic (exact) mass is 295 g/mol. The zero-order valence-electron chi connectivity index (χ0n) is 9.39. The molecule has 0 radical (unpaired) electrons. The number of ether oxygens (including phenoxy) is 1. The third-order valence-corrected chi connectivity index (χ3v) is 2.60. The molecule has 0 saturated carbocycles. The van der Waals surface area contributed by atoms with Gasteiger partial charge in [0.15, 0.2) is 0 Å². The van der Waals surface area contributed by atoms with Gasteiger partial charge < -0.3 is 9.26 Å².